The van der Waals surface area contributed by atoms with Crippen LogP contribution in [0.5, 0.6) is 0 Å². The molecule has 0 bridgehead atoms. The second kappa shape index (κ2) is 7.65. The molecular weight excluding hydrogens is 386 g/mol. The minimum absolute atomic E-state index is 0.0225. The van der Waals surface area contributed by atoms with Gasteiger partial charge in [0.05, 0.1) is 21.8 Å². The molecular formula is C22H35N3O3S. The lowest BCUT2D eigenvalue weighted by Crippen LogP contribution is -2.49. The monoisotopic (exact) mass is 421 g/mol. The van der Waals surface area contributed by atoms with Gasteiger partial charge in [0, 0.05) is 25.0 Å². The van der Waals surface area contributed by atoms with Crippen LogP contribution in [-0.4, -0.2) is 43.6 Å². The third-order valence-corrected chi connectivity index (χ3v) is 7.34. The van der Waals surface area contributed by atoms with Crippen molar-refractivity contribution in [3.63, 3.8) is 0 Å². The van der Waals surface area contributed by atoms with Gasteiger partial charge in [0.25, 0.3) is 0 Å². The van der Waals surface area contributed by atoms with Crippen molar-refractivity contribution in [1.29, 1.82) is 0 Å². The van der Waals surface area contributed by atoms with Crippen LogP contribution >= 0.6 is 0 Å². The number of piperidine rings is 1. The average Bonchev–Trinajstić information content (AvgIpc) is 2.86. The second-order valence-electron chi connectivity index (χ2n) is 10.5. The number of hydrogen-bond donors (Lipinski definition) is 1. The summed E-state index contributed by atoms with van der Waals surface area (Å²) in [7, 11) is -1.18. The molecule has 29 heavy (non-hydrogen) atoms. The molecule has 162 valence electrons. The molecule has 1 saturated heterocycles. The van der Waals surface area contributed by atoms with Crippen LogP contribution in [0.3, 0.4) is 0 Å². The average molecular weight is 422 g/mol. The number of ether oxygens (including phenoxy) is 1. The Balaban J connectivity index is 1.82. The largest absolute Gasteiger partial charge is 0.444 e. The highest BCUT2D eigenvalue weighted by Crippen LogP contribution is 2.52. The summed E-state index contributed by atoms with van der Waals surface area (Å²) in [4.78, 5) is 19.0. The van der Waals surface area contributed by atoms with E-state index in [-0.39, 0.29) is 22.3 Å². The summed E-state index contributed by atoms with van der Waals surface area (Å²) in [5, 5.41) is 0. The van der Waals surface area contributed by atoms with E-state index >= 15 is 0 Å². The molecule has 1 aromatic heterocycles. The summed E-state index contributed by atoms with van der Waals surface area (Å²) < 4.78 is 21.6. The highest BCUT2D eigenvalue weighted by molar-refractivity contribution is 7.84. The summed E-state index contributed by atoms with van der Waals surface area (Å²) in [6.45, 7) is 14.9. The first-order valence-electron chi connectivity index (χ1n) is 10.4. The van der Waals surface area contributed by atoms with Gasteiger partial charge >= 0.3 is 6.09 Å². The first-order chi connectivity index (χ1) is 13.3. The zero-order chi connectivity index (χ0) is 21.6. The van der Waals surface area contributed by atoms with Gasteiger partial charge < -0.3 is 9.64 Å². The van der Waals surface area contributed by atoms with Crippen molar-refractivity contribution >= 4 is 17.1 Å². The number of aryl methyl sites for hydroxylation is 1. The summed E-state index contributed by atoms with van der Waals surface area (Å²) >= 11 is 0. The topological polar surface area (TPSA) is 71.5 Å². The van der Waals surface area contributed by atoms with Crippen molar-refractivity contribution in [1.82, 2.24) is 14.6 Å². The Hall–Kier alpha value is -1.47. The molecule has 6 nitrogen and oxygen atoms in total. The predicted molar refractivity (Wildman–Crippen MR) is 116 cm³/mol. The molecule has 0 saturated carbocycles. The first kappa shape index (κ1) is 22.2. The van der Waals surface area contributed by atoms with Gasteiger partial charge in [-0.05, 0) is 84.3 Å². The fraction of sp³-hybridized carbons (Fsp3) is 0.727. The van der Waals surface area contributed by atoms with Gasteiger partial charge in [0.2, 0.25) is 0 Å². The van der Waals surface area contributed by atoms with Crippen molar-refractivity contribution in [2.75, 3.05) is 13.1 Å². The minimum Gasteiger partial charge on any atom is -0.444 e. The number of amides is 1. The van der Waals surface area contributed by atoms with E-state index in [1.807, 2.05) is 54.7 Å². The van der Waals surface area contributed by atoms with E-state index in [0.717, 1.165) is 36.1 Å². The minimum atomic E-state index is -1.18. The lowest BCUT2D eigenvalue weighted by atomic mass is 9.73. The third kappa shape index (κ3) is 4.82. The molecule has 2 atom stereocenters. The van der Waals surface area contributed by atoms with Gasteiger partial charge in [0.15, 0.2) is 0 Å². The molecule has 1 aromatic rings. The smallest absolute Gasteiger partial charge is 0.410 e. The normalized spacial score (nSPS) is 22.4. The molecule has 1 fully saturated rings. The van der Waals surface area contributed by atoms with E-state index in [9.17, 15) is 9.00 Å². The van der Waals surface area contributed by atoms with Crippen LogP contribution in [0, 0.1) is 12.3 Å². The number of rotatable bonds is 2. The Morgan fingerprint density at radius 2 is 1.86 bits per heavy atom. The number of nitrogens with zero attached hydrogens (tertiary/aromatic N) is 2. The Morgan fingerprint density at radius 1 is 1.24 bits per heavy atom. The fourth-order valence-corrected chi connectivity index (χ4v) is 5.13. The molecule has 2 heterocycles. The highest BCUT2D eigenvalue weighted by Gasteiger charge is 2.50. The molecule has 2 aliphatic rings. The van der Waals surface area contributed by atoms with E-state index in [1.165, 1.54) is 0 Å². The Morgan fingerprint density at radius 3 is 2.41 bits per heavy atom. The molecule has 1 N–H and O–H groups in total. The van der Waals surface area contributed by atoms with Crippen LogP contribution in [-0.2, 0) is 22.1 Å². The van der Waals surface area contributed by atoms with Crippen LogP contribution in [0.15, 0.2) is 12.3 Å². The summed E-state index contributed by atoms with van der Waals surface area (Å²) in [6, 6.07) is 2.15. The van der Waals surface area contributed by atoms with E-state index in [0.29, 0.717) is 13.1 Å². The molecule has 1 spiro atoms. The lowest BCUT2D eigenvalue weighted by molar-refractivity contribution is 0.00719. The molecule has 3 rings (SSSR count). The van der Waals surface area contributed by atoms with E-state index in [1.54, 1.807) is 4.90 Å². The Bertz CT molecular complexity index is 803. The number of fused-ring (bicyclic) bond motifs is 1. The number of pyridine rings is 1. The maximum absolute atomic E-state index is 13.0. The van der Waals surface area contributed by atoms with Crippen LogP contribution < -0.4 is 4.72 Å². The van der Waals surface area contributed by atoms with Crippen molar-refractivity contribution in [3.05, 3.63) is 29.1 Å². The number of carbonyl (C=O) groups excluding carboxylic acids is 1. The molecule has 0 radical (unpaired) electrons. The van der Waals surface area contributed by atoms with Crippen LogP contribution in [0.1, 0.15) is 77.2 Å². The fourth-order valence-electron chi connectivity index (χ4n) is 4.18. The summed E-state index contributed by atoms with van der Waals surface area (Å²) in [6.07, 6.45) is 4.18. The maximum atomic E-state index is 13.0. The van der Waals surface area contributed by atoms with E-state index < -0.39 is 16.6 Å². The second-order valence-corrected chi connectivity index (χ2v) is 12.5. The Labute approximate surface area is 177 Å². The molecule has 7 heteroatoms. The third-order valence-electron chi connectivity index (χ3n) is 5.78. The predicted octanol–water partition coefficient (Wildman–Crippen LogP) is 4.06. The first-order valence-corrected chi connectivity index (χ1v) is 11.6. The van der Waals surface area contributed by atoms with Gasteiger partial charge in [-0.15, -0.1) is 0 Å². The quantitative estimate of drug-likeness (QED) is 0.782. The zero-order valence-electron chi connectivity index (χ0n) is 18.8. The van der Waals surface area contributed by atoms with Crippen LogP contribution in [0.4, 0.5) is 4.79 Å². The van der Waals surface area contributed by atoms with Crippen molar-refractivity contribution in [2.24, 2.45) is 5.41 Å². The Kier molecular flexibility index (Phi) is 5.86. The zero-order valence-corrected chi connectivity index (χ0v) is 19.6. The van der Waals surface area contributed by atoms with Gasteiger partial charge in [0.1, 0.15) is 5.60 Å². The molecule has 0 unspecified atom stereocenters. The van der Waals surface area contributed by atoms with Crippen LogP contribution in [0.2, 0.25) is 0 Å². The number of nitrogens with one attached hydrogen (secondary N) is 1. The number of likely N-dealkylation sites (tertiary alicyclic amines) is 1. The van der Waals surface area contributed by atoms with Gasteiger partial charge in [-0.2, -0.15) is 0 Å². The maximum Gasteiger partial charge on any atom is 0.410 e. The lowest BCUT2D eigenvalue weighted by Gasteiger charge is -2.43. The summed E-state index contributed by atoms with van der Waals surface area (Å²) in [5.41, 5.74) is 2.78. The van der Waals surface area contributed by atoms with Crippen molar-refractivity contribution in [2.45, 2.75) is 84.1 Å². The molecule has 1 aliphatic carbocycles. The summed E-state index contributed by atoms with van der Waals surface area (Å²) in [5.74, 6) is 0. The number of aromatic nitrogens is 1. The SMILES string of the molecule is Cc1cnc2c(c1)[C@@H](N[S@](=O)C(C)(C)C)C1(CCN(C(=O)OC(C)(C)C)CC1)C2. The van der Waals surface area contributed by atoms with Crippen molar-refractivity contribution in [3.8, 4) is 0 Å². The molecule has 0 aromatic carbocycles. The number of carbonyl (C=O) groups is 1. The van der Waals surface area contributed by atoms with Gasteiger partial charge in [-0.3, -0.25) is 4.98 Å². The standard InChI is InChI=1S/C22H35N3O3S/c1-15-12-16-17(23-14-15)13-22(18(16)24-29(27)21(5,6)7)8-10-25(11-9-22)19(26)28-20(2,3)4/h12,14,18,24H,8-11,13H2,1-7H3/t18-,29-/m1/s1. The number of hydrogen-bond acceptors (Lipinski definition) is 4. The molecule has 1 amide bonds. The molecule has 1 aliphatic heterocycles. The van der Waals surface area contributed by atoms with E-state index in [4.69, 9.17) is 4.74 Å². The van der Waals surface area contributed by atoms with E-state index in [2.05, 4.69) is 15.8 Å². The van der Waals surface area contributed by atoms with Gasteiger partial charge in [-0.25, -0.2) is 13.7 Å². The van der Waals surface area contributed by atoms with Crippen molar-refractivity contribution < 1.29 is 13.7 Å². The van der Waals surface area contributed by atoms with Gasteiger partial charge in [-0.1, -0.05) is 6.07 Å². The highest BCUT2D eigenvalue weighted by atomic mass is 32.2. The van der Waals surface area contributed by atoms with Crippen LogP contribution in [0.25, 0.3) is 0 Å².